The highest BCUT2D eigenvalue weighted by molar-refractivity contribution is 9.10. The molecule has 0 saturated heterocycles. The molecular weight excluding hydrogens is 370 g/mol. The molecule has 0 atom stereocenters. The highest BCUT2D eigenvalue weighted by Gasteiger charge is 2.05. The maximum atomic E-state index is 5.14. The van der Waals surface area contributed by atoms with Crippen LogP contribution in [0.4, 0.5) is 23.1 Å². The van der Waals surface area contributed by atoms with Crippen molar-refractivity contribution in [2.24, 2.45) is 0 Å². The van der Waals surface area contributed by atoms with Gasteiger partial charge in [0.2, 0.25) is 5.95 Å². The van der Waals surface area contributed by atoms with Gasteiger partial charge in [-0.25, -0.2) is 0 Å². The molecule has 122 valence electrons. The quantitative estimate of drug-likeness (QED) is 0.676. The molecule has 24 heavy (non-hydrogen) atoms. The number of hydrogen-bond donors (Lipinski definition) is 2. The van der Waals surface area contributed by atoms with Crippen molar-refractivity contribution < 1.29 is 4.74 Å². The van der Waals surface area contributed by atoms with Gasteiger partial charge >= 0.3 is 0 Å². The Hall–Kier alpha value is -2.67. The lowest BCUT2D eigenvalue weighted by atomic mass is 10.2. The molecule has 1 aromatic heterocycles. The summed E-state index contributed by atoms with van der Waals surface area (Å²) in [5, 5.41) is 14.3. The lowest BCUT2D eigenvalue weighted by Crippen LogP contribution is -2.02. The first-order valence-electron chi connectivity index (χ1n) is 7.28. The smallest absolute Gasteiger partial charge is 0.249 e. The van der Waals surface area contributed by atoms with E-state index in [0.717, 1.165) is 21.6 Å². The molecule has 0 unspecified atom stereocenters. The number of ether oxygens (including phenoxy) is 1. The summed E-state index contributed by atoms with van der Waals surface area (Å²) in [6.45, 7) is 2.03. The van der Waals surface area contributed by atoms with Crippen LogP contribution in [-0.2, 0) is 0 Å². The summed E-state index contributed by atoms with van der Waals surface area (Å²) in [5.41, 5.74) is 2.93. The Labute approximate surface area is 148 Å². The number of aromatic nitrogens is 3. The predicted molar refractivity (Wildman–Crippen MR) is 98.3 cm³/mol. The van der Waals surface area contributed by atoms with E-state index in [1.54, 1.807) is 13.3 Å². The van der Waals surface area contributed by atoms with Crippen LogP contribution in [-0.4, -0.2) is 22.3 Å². The second-order valence-electron chi connectivity index (χ2n) is 5.13. The first-order valence-corrected chi connectivity index (χ1v) is 8.07. The molecule has 0 aliphatic heterocycles. The number of nitrogens with zero attached hydrogens (tertiary/aromatic N) is 3. The normalized spacial score (nSPS) is 10.3. The molecule has 0 aliphatic carbocycles. The molecule has 0 aliphatic rings. The van der Waals surface area contributed by atoms with E-state index >= 15 is 0 Å². The second kappa shape index (κ2) is 7.27. The Morgan fingerprint density at radius 1 is 1.04 bits per heavy atom. The van der Waals surface area contributed by atoms with Crippen LogP contribution in [0.2, 0.25) is 0 Å². The van der Waals surface area contributed by atoms with Gasteiger partial charge in [0.05, 0.1) is 19.0 Å². The van der Waals surface area contributed by atoms with Crippen molar-refractivity contribution in [3.63, 3.8) is 0 Å². The Bertz CT molecular complexity index is 839. The standard InChI is InChI=1S/C17H16BrN5O/c1-11-3-8-15(14(18)9-11)21-17-22-16(10-19-23-17)20-12-4-6-13(24-2)7-5-12/h3-10H,1-2H3,(H2,20,21,22,23). The molecule has 3 aromatic rings. The number of aryl methyl sites for hydroxylation is 1. The van der Waals surface area contributed by atoms with Crippen molar-refractivity contribution in [1.29, 1.82) is 0 Å². The van der Waals surface area contributed by atoms with Gasteiger partial charge in [-0.2, -0.15) is 10.1 Å². The van der Waals surface area contributed by atoms with Crippen LogP contribution in [0.15, 0.2) is 53.1 Å². The number of anilines is 4. The van der Waals surface area contributed by atoms with Gasteiger partial charge in [-0.15, -0.1) is 5.10 Å². The molecule has 3 rings (SSSR count). The summed E-state index contributed by atoms with van der Waals surface area (Å²) in [6.07, 6.45) is 1.57. The number of hydrogen-bond acceptors (Lipinski definition) is 6. The molecule has 1 heterocycles. The van der Waals surface area contributed by atoms with E-state index in [9.17, 15) is 0 Å². The van der Waals surface area contributed by atoms with Crippen molar-refractivity contribution >= 4 is 39.1 Å². The van der Waals surface area contributed by atoms with Crippen molar-refractivity contribution in [1.82, 2.24) is 15.2 Å². The van der Waals surface area contributed by atoms with E-state index < -0.39 is 0 Å². The Balaban J connectivity index is 1.75. The molecule has 0 fully saturated rings. The van der Waals surface area contributed by atoms with Gasteiger partial charge in [-0.05, 0) is 64.8 Å². The molecule has 0 spiro atoms. The fourth-order valence-corrected chi connectivity index (χ4v) is 2.67. The molecule has 0 radical (unpaired) electrons. The SMILES string of the molecule is COc1ccc(Nc2cnnc(Nc3ccc(C)cc3Br)n2)cc1. The van der Waals surface area contributed by atoms with Gasteiger partial charge < -0.3 is 15.4 Å². The molecule has 0 bridgehead atoms. The van der Waals surface area contributed by atoms with Crippen LogP contribution in [0.1, 0.15) is 5.56 Å². The Morgan fingerprint density at radius 2 is 1.83 bits per heavy atom. The number of halogens is 1. The minimum atomic E-state index is 0.415. The third-order valence-electron chi connectivity index (χ3n) is 3.29. The summed E-state index contributed by atoms with van der Waals surface area (Å²) < 4.78 is 6.09. The molecular formula is C17H16BrN5O. The van der Waals surface area contributed by atoms with Crippen molar-refractivity contribution in [2.45, 2.75) is 6.92 Å². The third-order valence-corrected chi connectivity index (χ3v) is 3.95. The zero-order valence-electron chi connectivity index (χ0n) is 13.2. The zero-order chi connectivity index (χ0) is 16.9. The highest BCUT2D eigenvalue weighted by Crippen LogP contribution is 2.26. The molecule has 7 heteroatoms. The number of methoxy groups -OCH3 is 1. The van der Waals surface area contributed by atoms with Gasteiger partial charge in [-0.3, -0.25) is 0 Å². The highest BCUT2D eigenvalue weighted by atomic mass is 79.9. The van der Waals surface area contributed by atoms with E-state index in [1.165, 1.54) is 5.56 Å². The van der Waals surface area contributed by atoms with Crippen LogP contribution in [0.5, 0.6) is 5.75 Å². The van der Waals surface area contributed by atoms with Crippen molar-refractivity contribution in [3.05, 3.63) is 58.7 Å². The van der Waals surface area contributed by atoms with E-state index in [-0.39, 0.29) is 0 Å². The largest absolute Gasteiger partial charge is 0.497 e. The Kier molecular flexibility index (Phi) is 4.90. The van der Waals surface area contributed by atoms with Gasteiger partial charge in [0.1, 0.15) is 5.75 Å². The fourth-order valence-electron chi connectivity index (χ4n) is 2.08. The lowest BCUT2D eigenvalue weighted by Gasteiger charge is -2.09. The van der Waals surface area contributed by atoms with Crippen LogP contribution < -0.4 is 15.4 Å². The first kappa shape index (κ1) is 16.2. The van der Waals surface area contributed by atoms with Gasteiger partial charge in [0, 0.05) is 10.2 Å². The van der Waals surface area contributed by atoms with Crippen LogP contribution >= 0.6 is 15.9 Å². The maximum Gasteiger partial charge on any atom is 0.249 e. The Morgan fingerprint density at radius 3 is 2.54 bits per heavy atom. The van der Waals surface area contributed by atoms with Crippen LogP contribution in [0, 0.1) is 6.92 Å². The summed E-state index contributed by atoms with van der Waals surface area (Å²) in [6, 6.07) is 13.6. The number of rotatable bonds is 5. The predicted octanol–water partition coefficient (Wildman–Crippen LogP) is 4.44. The van der Waals surface area contributed by atoms with Gasteiger partial charge in [0.25, 0.3) is 0 Å². The van der Waals surface area contributed by atoms with Crippen molar-refractivity contribution in [2.75, 3.05) is 17.7 Å². The lowest BCUT2D eigenvalue weighted by molar-refractivity contribution is 0.415. The molecule has 6 nitrogen and oxygen atoms in total. The van der Waals surface area contributed by atoms with E-state index in [1.807, 2.05) is 49.4 Å². The van der Waals surface area contributed by atoms with E-state index in [4.69, 9.17) is 4.74 Å². The van der Waals surface area contributed by atoms with E-state index in [2.05, 4.69) is 41.7 Å². The topological polar surface area (TPSA) is 72.0 Å². The van der Waals surface area contributed by atoms with Crippen molar-refractivity contribution in [3.8, 4) is 5.75 Å². The second-order valence-corrected chi connectivity index (χ2v) is 5.98. The zero-order valence-corrected chi connectivity index (χ0v) is 14.8. The van der Waals surface area contributed by atoms with Gasteiger partial charge in [-0.1, -0.05) is 6.07 Å². The third kappa shape index (κ3) is 3.99. The van der Waals surface area contributed by atoms with E-state index in [0.29, 0.717) is 11.8 Å². The summed E-state index contributed by atoms with van der Waals surface area (Å²) >= 11 is 3.52. The number of benzene rings is 2. The minimum absolute atomic E-state index is 0.415. The minimum Gasteiger partial charge on any atom is -0.497 e. The van der Waals surface area contributed by atoms with Crippen LogP contribution in [0.25, 0.3) is 0 Å². The summed E-state index contributed by atoms with van der Waals surface area (Å²) in [7, 11) is 1.64. The summed E-state index contributed by atoms with van der Waals surface area (Å²) in [4.78, 5) is 4.42. The average molecular weight is 386 g/mol. The maximum absolute atomic E-state index is 5.14. The molecule has 2 N–H and O–H groups in total. The molecule has 0 amide bonds. The monoisotopic (exact) mass is 385 g/mol. The average Bonchev–Trinajstić information content (AvgIpc) is 2.58. The molecule has 2 aromatic carbocycles. The van der Waals surface area contributed by atoms with Crippen LogP contribution in [0.3, 0.4) is 0 Å². The number of nitrogens with one attached hydrogen (secondary N) is 2. The molecule has 0 saturated carbocycles. The summed E-state index contributed by atoms with van der Waals surface area (Å²) in [5.74, 6) is 1.81. The fraction of sp³-hybridized carbons (Fsp3) is 0.118. The first-order chi connectivity index (χ1) is 11.6. The van der Waals surface area contributed by atoms with Gasteiger partial charge in [0.15, 0.2) is 5.82 Å².